The van der Waals surface area contributed by atoms with Crippen molar-refractivity contribution in [3.8, 4) is 11.4 Å². The minimum Gasteiger partial charge on any atom is -0.342 e. The summed E-state index contributed by atoms with van der Waals surface area (Å²) in [6.45, 7) is 4.70. The molecule has 1 N–H and O–H groups in total. The third-order valence-corrected chi connectivity index (χ3v) is 6.17. The maximum Gasteiger partial charge on any atom is 0.246 e. The van der Waals surface area contributed by atoms with Crippen LogP contribution in [0.15, 0.2) is 36.5 Å². The Morgan fingerprint density at radius 1 is 1.27 bits per heavy atom. The van der Waals surface area contributed by atoms with Crippen molar-refractivity contribution < 1.29 is 9.59 Å². The van der Waals surface area contributed by atoms with Crippen molar-refractivity contribution in [1.29, 1.82) is 0 Å². The predicted octanol–water partition coefficient (Wildman–Crippen LogP) is 2.00. The van der Waals surface area contributed by atoms with Gasteiger partial charge < -0.3 is 10.2 Å². The lowest BCUT2D eigenvalue weighted by molar-refractivity contribution is -0.137. The largest absolute Gasteiger partial charge is 0.342 e. The van der Waals surface area contributed by atoms with Gasteiger partial charge >= 0.3 is 0 Å². The molecule has 7 heteroatoms. The fourth-order valence-electron chi connectivity index (χ4n) is 3.12. The van der Waals surface area contributed by atoms with Crippen LogP contribution in [-0.4, -0.2) is 43.2 Å². The van der Waals surface area contributed by atoms with Crippen LogP contribution < -0.4 is 5.32 Å². The van der Waals surface area contributed by atoms with E-state index in [4.69, 9.17) is 0 Å². The second kappa shape index (κ2) is 6.39. The standard InChI is InChI=1S/C19H20N4O2S/c1-19(2)18(25)22-15(11-26-19)17(24)23-9-13-8-20-16(21-14(13)10-23)12-6-4-3-5-7-12/h3-8,15H,9-11H2,1-2H3,(H,22,25)/t15-/m0/s1. The molecule has 0 radical (unpaired) electrons. The predicted molar refractivity (Wildman–Crippen MR) is 100 cm³/mol. The zero-order chi connectivity index (χ0) is 18.3. The van der Waals surface area contributed by atoms with Gasteiger partial charge in [0.2, 0.25) is 11.8 Å². The van der Waals surface area contributed by atoms with Crippen LogP contribution in [0, 0.1) is 0 Å². The van der Waals surface area contributed by atoms with Crippen molar-refractivity contribution in [2.45, 2.75) is 37.7 Å². The van der Waals surface area contributed by atoms with Crippen molar-refractivity contribution in [1.82, 2.24) is 20.2 Å². The van der Waals surface area contributed by atoms with Crippen LogP contribution in [0.2, 0.25) is 0 Å². The number of rotatable bonds is 2. The highest BCUT2D eigenvalue weighted by Gasteiger charge is 2.40. The molecular weight excluding hydrogens is 348 g/mol. The first-order valence-electron chi connectivity index (χ1n) is 8.58. The SMILES string of the molecule is CC1(C)SC[C@@H](C(=O)N2Cc3cnc(-c4ccccc4)nc3C2)NC1=O. The summed E-state index contributed by atoms with van der Waals surface area (Å²) in [5.74, 6) is 1.11. The topological polar surface area (TPSA) is 75.2 Å². The molecule has 1 saturated heterocycles. The number of amides is 2. The average molecular weight is 368 g/mol. The molecule has 0 aliphatic carbocycles. The van der Waals surface area contributed by atoms with Gasteiger partial charge in [0.1, 0.15) is 6.04 Å². The lowest BCUT2D eigenvalue weighted by Crippen LogP contribution is -2.57. The van der Waals surface area contributed by atoms with Crippen LogP contribution in [0.3, 0.4) is 0 Å². The fourth-order valence-corrected chi connectivity index (χ4v) is 4.12. The number of carbonyl (C=O) groups excluding carboxylic acids is 2. The molecule has 0 unspecified atom stereocenters. The van der Waals surface area contributed by atoms with E-state index < -0.39 is 10.8 Å². The van der Waals surface area contributed by atoms with Gasteiger partial charge in [-0.25, -0.2) is 9.97 Å². The molecule has 1 aromatic carbocycles. The Kier molecular flexibility index (Phi) is 4.19. The van der Waals surface area contributed by atoms with E-state index in [0.717, 1.165) is 16.8 Å². The van der Waals surface area contributed by atoms with E-state index in [2.05, 4.69) is 15.3 Å². The zero-order valence-electron chi connectivity index (χ0n) is 14.7. The molecule has 1 fully saturated rings. The molecule has 6 nitrogen and oxygen atoms in total. The number of hydrogen-bond acceptors (Lipinski definition) is 5. The maximum absolute atomic E-state index is 12.8. The normalized spacial score (nSPS) is 21.2. The molecule has 1 aromatic heterocycles. The number of carbonyl (C=O) groups is 2. The summed E-state index contributed by atoms with van der Waals surface area (Å²) in [5.41, 5.74) is 2.80. The first-order chi connectivity index (χ1) is 12.4. The van der Waals surface area contributed by atoms with Crippen molar-refractivity contribution in [2.75, 3.05) is 5.75 Å². The second-order valence-corrected chi connectivity index (χ2v) is 8.72. The lowest BCUT2D eigenvalue weighted by Gasteiger charge is -2.34. The van der Waals surface area contributed by atoms with E-state index in [1.807, 2.05) is 44.2 Å². The van der Waals surface area contributed by atoms with Crippen molar-refractivity contribution in [2.24, 2.45) is 0 Å². The maximum atomic E-state index is 12.8. The van der Waals surface area contributed by atoms with Gasteiger partial charge in [0, 0.05) is 29.6 Å². The quantitative estimate of drug-likeness (QED) is 0.877. The first kappa shape index (κ1) is 17.0. The minimum absolute atomic E-state index is 0.0550. The molecule has 0 saturated carbocycles. The third kappa shape index (κ3) is 3.07. The van der Waals surface area contributed by atoms with Crippen LogP contribution in [0.25, 0.3) is 11.4 Å². The summed E-state index contributed by atoms with van der Waals surface area (Å²) in [7, 11) is 0. The van der Waals surface area contributed by atoms with E-state index in [9.17, 15) is 9.59 Å². The molecular formula is C19H20N4O2S. The summed E-state index contributed by atoms with van der Waals surface area (Å²) in [6.07, 6.45) is 1.80. The molecule has 2 aliphatic rings. The van der Waals surface area contributed by atoms with E-state index in [1.54, 1.807) is 11.1 Å². The molecule has 2 aromatic rings. The number of thioether (sulfide) groups is 1. The molecule has 1 atom stereocenters. The van der Waals surface area contributed by atoms with E-state index in [-0.39, 0.29) is 11.8 Å². The lowest BCUT2D eigenvalue weighted by atomic mass is 10.1. The third-order valence-electron chi connectivity index (χ3n) is 4.76. The number of hydrogen-bond donors (Lipinski definition) is 1. The Labute approximate surface area is 156 Å². The summed E-state index contributed by atoms with van der Waals surface area (Å²) in [5, 5.41) is 2.86. The van der Waals surface area contributed by atoms with Crippen LogP contribution in [0.4, 0.5) is 0 Å². The van der Waals surface area contributed by atoms with Crippen molar-refractivity contribution in [3.63, 3.8) is 0 Å². The monoisotopic (exact) mass is 368 g/mol. The summed E-state index contributed by atoms with van der Waals surface area (Å²) >= 11 is 1.52. The molecule has 2 aliphatic heterocycles. The number of benzene rings is 1. The minimum atomic E-state index is -0.485. The highest BCUT2D eigenvalue weighted by Crippen LogP contribution is 2.31. The Bertz CT molecular complexity index is 869. The summed E-state index contributed by atoms with van der Waals surface area (Å²) in [6, 6.07) is 9.32. The molecule has 4 rings (SSSR count). The van der Waals surface area contributed by atoms with E-state index in [1.165, 1.54) is 11.8 Å². The van der Waals surface area contributed by atoms with Gasteiger partial charge in [-0.1, -0.05) is 30.3 Å². The summed E-state index contributed by atoms with van der Waals surface area (Å²) < 4.78 is -0.485. The Balaban J connectivity index is 1.49. The van der Waals surface area contributed by atoms with Crippen LogP contribution >= 0.6 is 11.8 Å². The highest BCUT2D eigenvalue weighted by atomic mass is 32.2. The average Bonchev–Trinajstić information content (AvgIpc) is 3.07. The number of nitrogens with one attached hydrogen (secondary N) is 1. The molecule has 3 heterocycles. The Morgan fingerprint density at radius 3 is 2.77 bits per heavy atom. The van der Waals surface area contributed by atoms with Crippen LogP contribution in [-0.2, 0) is 22.7 Å². The first-order valence-corrected chi connectivity index (χ1v) is 9.56. The highest BCUT2D eigenvalue weighted by molar-refractivity contribution is 8.01. The smallest absolute Gasteiger partial charge is 0.246 e. The molecule has 0 bridgehead atoms. The van der Waals surface area contributed by atoms with Crippen molar-refractivity contribution >= 4 is 23.6 Å². The van der Waals surface area contributed by atoms with E-state index in [0.29, 0.717) is 24.7 Å². The molecule has 26 heavy (non-hydrogen) atoms. The van der Waals surface area contributed by atoms with Gasteiger partial charge in [-0.2, -0.15) is 0 Å². The van der Waals surface area contributed by atoms with Gasteiger partial charge in [0.05, 0.1) is 17.0 Å². The number of aromatic nitrogens is 2. The Hall–Kier alpha value is -2.41. The van der Waals surface area contributed by atoms with Gasteiger partial charge in [-0.3, -0.25) is 9.59 Å². The van der Waals surface area contributed by atoms with Gasteiger partial charge in [-0.15, -0.1) is 11.8 Å². The van der Waals surface area contributed by atoms with Gasteiger partial charge in [0.15, 0.2) is 5.82 Å². The van der Waals surface area contributed by atoms with Gasteiger partial charge in [-0.05, 0) is 13.8 Å². The van der Waals surface area contributed by atoms with Crippen LogP contribution in [0.5, 0.6) is 0 Å². The fraction of sp³-hybridized carbons (Fsp3) is 0.368. The van der Waals surface area contributed by atoms with Crippen LogP contribution in [0.1, 0.15) is 25.1 Å². The Morgan fingerprint density at radius 2 is 2.04 bits per heavy atom. The zero-order valence-corrected chi connectivity index (χ0v) is 15.5. The molecule has 134 valence electrons. The number of nitrogens with zero attached hydrogens (tertiary/aromatic N) is 3. The van der Waals surface area contributed by atoms with Gasteiger partial charge in [0.25, 0.3) is 0 Å². The van der Waals surface area contributed by atoms with E-state index >= 15 is 0 Å². The molecule has 0 spiro atoms. The summed E-state index contributed by atoms with van der Waals surface area (Å²) in [4.78, 5) is 35.8. The molecule has 2 amide bonds. The second-order valence-electron chi connectivity index (χ2n) is 7.07. The number of fused-ring (bicyclic) bond motifs is 1. The van der Waals surface area contributed by atoms with Crippen molar-refractivity contribution in [3.05, 3.63) is 47.8 Å².